The van der Waals surface area contributed by atoms with Crippen LogP contribution < -0.4 is 10.6 Å². The molecule has 1 heterocycles. The van der Waals surface area contributed by atoms with E-state index in [-0.39, 0.29) is 5.91 Å². The van der Waals surface area contributed by atoms with Crippen LogP contribution >= 0.6 is 11.6 Å². The van der Waals surface area contributed by atoms with Crippen molar-refractivity contribution in [1.82, 2.24) is 4.98 Å². The zero-order valence-corrected chi connectivity index (χ0v) is 14.5. The first-order valence-electron chi connectivity index (χ1n) is 7.93. The van der Waals surface area contributed by atoms with Crippen molar-refractivity contribution in [3.63, 3.8) is 0 Å². The van der Waals surface area contributed by atoms with Crippen LogP contribution in [-0.2, 0) is 6.54 Å². The molecule has 4 nitrogen and oxygen atoms in total. The van der Waals surface area contributed by atoms with Crippen molar-refractivity contribution in [2.75, 3.05) is 10.6 Å². The average molecular weight is 352 g/mol. The van der Waals surface area contributed by atoms with Crippen molar-refractivity contribution in [2.45, 2.75) is 13.5 Å². The Morgan fingerprint density at radius 1 is 1.04 bits per heavy atom. The van der Waals surface area contributed by atoms with E-state index in [2.05, 4.69) is 15.6 Å². The van der Waals surface area contributed by atoms with E-state index >= 15 is 0 Å². The fourth-order valence-corrected chi connectivity index (χ4v) is 2.52. The van der Waals surface area contributed by atoms with Gasteiger partial charge in [-0.25, -0.2) is 4.98 Å². The summed E-state index contributed by atoms with van der Waals surface area (Å²) in [5.41, 5.74) is 3.37. The molecular formula is C20H18ClN3O. The zero-order valence-electron chi connectivity index (χ0n) is 13.8. The fraction of sp³-hybridized carbons (Fsp3) is 0.100. The highest BCUT2D eigenvalue weighted by Gasteiger charge is 2.08. The lowest BCUT2D eigenvalue weighted by molar-refractivity contribution is 0.102. The Hall–Kier alpha value is -2.85. The molecule has 2 N–H and O–H groups in total. The molecule has 0 unspecified atom stereocenters. The molecule has 1 amide bonds. The molecule has 0 bridgehead atoms. The van der Waals surface area contributed by atoms with Crippen LogP contribution in [0.5, 0.6) is 0 Å². The maximum absolute atomic E-state index is 12.3. The number of anilines is 2. The molecule has 25 heavy (non-hydrogen) atoms. The zero-order chi connectivity index (χ0) is 17.6. The highest BCUT2D eigenvalue weighted by atomic mass is 35.5. The Kier molecular flexibility index (Phi) is 5.31. The molecule has 3 aromatic rings. The number of hydrogen-bond donors (Lipinski definition) is 2. The standard InChI is InChI=1S/C20H18ClN3O/c1-14-4-2-3-5-18(14)20(25)24-17-10-11-19(23-13-17)22-12-15-6-8-16(21)9-7-15/h2-11,13H,12H2,1H3,(H,22,23)(H,24,25). The monoisotopic (exact) mass is 351 g/mol. The van der Waals surface area contributed by atoms with Crippen molar-refractivity contribution in [2.24, 2.45) is 0 Å². The predicted octanol–water partition coefficient (Wildman–Crippen LogP) is 4.91. The quantitative estimate of drug-likeness (QED) is 0.686. The lowest BCUT2D eigenvalue weighted by atomic mass is 10.1. The van der Waals surface area contributed by atoms with Gasteiger partial charge < -0.3 is 10.6 Å². The largest absolute Gasteiger partial charge is 0.366 e. The van der Waals surface area contributed by atoms with Gasteiger partial charge in [0.2, 0.25) is 0 Å². The normalized spacial score (nSPS) is 10.3. The number of nitrogens with zero attached hydrogens (tertiary/aromatic N) is 1. The molecule has 0 atom stereocenters. The van der Waals surface area contributed by atoms with Gasteiger partial charge in [0.05, 0.1) is 11.9 Å². The van der Waals surface area contributed by atoms with E-state index in [9.17, 15) is 4.79 Å². The molecule has 0 aliphatic heterocycles. The van der Waals surface area contributed by atoms with Gasteiger partial charge in [0.25, 0.3) is 5.91 Å². The molecule has 126 valence electrons. The molecule has 0 aliphatic rings. The molecule has 1 aromatic heterocycles. The molecule has 0 spiro atoms. The van der Waals surface area contributed by atoms with Crippen LogP contribution in [0.25, 0.3) is 0 Å². The summed E-state index contributed by atoms with van der Waals surface area (Å²) in [6.45, 7) is 2.57. The third-order valence-electron chi connectivity index (χ3n) is 3.80. The summed E-state index contributed by atoms with van der Waals surface area (Å²) in [7, 11) is 0. The summed E-state index contributed by atoms with van der Waals surface area (Å²) >= 11 is 5.87. The first kappa shape index (κ1) is 17.0. The number of halogens is 1. The fourth-order valence-electron chi connectivity index (χ4n) is 2.39. The average Bonchev–Trinajstić information content (AvgIpc) is 2.63. The molecule has 5 heteroatoms. The first-order valence-corrected chi connectivity index (χ1v) is 8.31. The van der Waals surface area contributed by atoms with Crippen molar-refractivity contribution in [3.05, 3.63) is 88.6 Å². The van der Waals surface area contributed by atoms with Gasteiger partial charge in [-0.05, 0) is 48.4 Å². The summed E-state index contributed by atoms with van der Waals surface area (Å²) in [6, 6.07) is 18.8. The minimum atomic E-state index is -0.137. The lowest BCUT2D eigenvalue weighted by Gasteiger charge is -2.09. The Morgan fingerprint density at radius 3 is 2.48 bits per heavy atom. The summed E-state index contributed by atoms with van der Waals surface area (Å²) in [4.78, 5) is 16.6. The third kappa shape index (κ3) is 4.58. The summed E-state index contributed by atoms with van der Waals surface area (Å²) < 4.78 is 0. The van der Waals surface area contributed by atoms with E-state index in [1.165, 1.54) is 0 Å². The highest BCUT2D eigenvalue weighted by molar-refractivity contribution is 6.30. The van der Waals surface area contributed by atoms with Crippen molar-refractivity contribution in [3.8, 4) is 0 Å². The summed E-state index contributed by atoms with van der Waals surface area (Å²) in [6.07, 6.45) is 1.64. The van der Waals surface area contributed by atoms with Crippen molar-refractivity contribution < 1.29 is 4.79 Å². The van der Waals surface area contributed by atoms with Gasteiger partial charge in [-0.15, -0.1) is 0 Å². The number of benzene rings is 2. The van der Waals surface area contributed by atoms with Crippen LogP contribution in [0, 0.1) is 6.92 Å². The minimum absolute atomic E-state index is 0.137. The van der Waals surface area contributed by atoms with E-state index in [1.807, 2.05) is 61.5 Å². The molecule has 0 aliphatic carbocycles. The lowest BCUT2D eigenvalue weighted by Crippen LogP contribution is -2.13. The van der Waals surface area contributed by atoms with Gasteiger partial charge in [-0.3, -0.25) is 4.79 Å². The smallest absolute Gasteiger partial charge is 0.255 e. The maximum atomic E-state index is 12.3. The summed E-state index contributed by atoms with van der Waals surface area (Å²) in [5.74, 6) is 0.602. The van der Waals surface area contributed by atoms with Gasteiger partial charge in [0, 0.05) is 17.1 Å². The number of hydrogen-bond acceptors (Lipinski definition) is 3. The number of pyridine rings is 1. The second kappa shape index (κ2) is 7.81. The van der Waals surface area contributed by atoms with Gasteiger partial charge in [0.15, 0.2) is 0 Å². The van der Waals surface area contributed by atoms with Gasteiger partial charge in [0.1, 0.15) is 5.82 Å². The Balaban J connectivity index is 1.59. The topological polar surface area (TPSA) is 54.0 Å². The number of amides is 1. The Bertz CT molecular complexity index is 861. The van der Waals surface area contributed by atoms with Crippen LogP contribution in [0.4, 0.5) is 11.5 Å². The predicted molar refractivity (Wildman–Crippen MR) is 102 cm³/mol. The van der Waals surface area contributed by atoms with E-state index in [0.29, 0.717) is 17.8 Å². The van der Waals surface area contributed by atoms with Gasteiger partial charge in [-0.2, -0.15) is 0 Å². The van der Waals surface area contributed by atoms with Crippen LogP contribution in [0.3, 0.4) is 0 Å². The molecule has 0 fully saturated rings. The van der Waals surface area contributed by atoms with E-state index in [1.54, 1.807) is 12.3 Å². The second-order valence-electron chi connectivity index (χ2n) is 5.68. The van der Waals surface area contributed by atoms with Gasteiger partial charge in [-0.1, -0.05) is 41.9 Å². The molecule has 0 saturated heterocycles. The number of rotatable bonds is 5. The van der Waals surface area contributed by atoms with Crippen molar-refractivity contribution >= 4 is 29.0 Å². The van der Waals surface area contributed by atoms with Crippen LogP contribution in [0.2, 0.25) is 5.02 Å². The highest BCUT2D eigenvalue weighted by Crippen LogP contribution is 2.15. The Labute approximate surface area is 151 Å². The SMILES string of the molecule is Cc1ccccc1C(=O)Nc1ccc(NCc2ccc(Cl)cc2)nc1. The Morgan fingerprint density at radius 2 is 1.80 bits per heavy atom. The van der Waals surface area contributed by atoms with E-state index in [0.717, 1.165) is 22.0 Å². The van der Waals surface area contributed by atoms with Crippen molar-refractivity contribution in [1.29, 1.82) is 0 Å². The van der Waals surface area contributed by atoms with E-state index in [4.69, 9.17) is 11.6 Å². The van der Waals surface area contributed by atoms with Gasteiger partial charge >= 0.3 is 0 Å². The maximum Gasteiger partial charge on any atom is 0.255 e. The number of aromatic nitrogens is 1. The number of carbonyl (C=O) groups is 1. The number of nitrogens with one attached hydrogen (secondary N) is 2. The molecule has 0 radical (unpaired) electrons. The third-order valence-corrected chi connectivity index (χ3v) is 4.05. The molecule has 2 aromatic carbocycles. The number of carbonyl (C=O) groups excluding carboxylic acids is 1. The molecular weight excluding hydrogens is 334 g/mol. The number of aryl methyl sites for hydroxylation is 1. The minimum Gasteiger partial charge on any atom is -0.366 e. The van der Waals surface area contributed by atoms with Crippen LogP contribution in [-0.4, -0.2) is 10.9 Å². The first-order chi connectivity index (χ1) is 12.1. The molecule has 3 rings (SSSR count). The van der Waals surface area contributed by atoms with Crippen LogP contribution in [0.15, 0.2) is 66.9 Å². The van der Waals surface area contributed by atoms with Crippen LogP contribution in [0.1, 0.15) is 21.5 Å². The van der Waals surface area contributed by atoms with E-state index < -0.39 is 0 Å². The second-order valence-corrected chi connectivity index (χ2v) is 6.12. The summed E-state index contributed by atoms with van der Waals surface area (Å²) in [5, 5.41) is 6.82. The molecule has 0 saturated carbocycles.